The van der Waals surface area contributed by atoms with Gasteiger partial charge in [-0.2, -0.15) is 0 Å². The van der Waals surface area contributed by atoms with Gasteiger partial charge in [0.1, 0.15) is 11.7 Å². The minimum atomic E-state index is 0.567. The second-order valence-electron chi connectivity index (χ2n) is 15.0. The third kappa shape index (κ3) is 9.67. The minimum Gasteiger partial charge on any atom is -0.383 e. The Bertz CT molecular complexity index is 2560. The first kappa shape index (κ1) is 39.1. The van der Waals surface area contributed by atoms with Gasteiger partial charge < -0.3 is 30.1 Å². The van der Waals surface area contributed by atoms with E-state index in [0.717, 1.165) is 60.0 Å². The first-order valence-corrected chi connectivity index (χ1v) is 21.9. The highest BCUT2D eigenvalue weighted by atomic mass is 32.1. The lowest BCUT2D eigenvalue weighted by atomic mass is 10.1. The zero-order valence-corrected chi connectivity index (χ0v) is 34.7. The van der Waals surface area contributed by atoms with E-state index in [1.54, 1.807) is 22.7 Å². The molecule has 1 saturated heterocycles. The molecule has 5 aromatic heterocycles. The van der Waals surface area contributed by atoms with Crippen LogP contribution in [0, 0.1) is 0 Å². The number of rotatable bonds is 14. The summed E-state index contributed by atoms with van der Waals surface area (Å²) >= 11 is 3.22. The first-order chi connectivity index (χ1) is 28.5. The Hall–Kier alpha value is -5.75. The van der Waals surface area contributed by atoms with Crippen LogP contribution in [0.2, 0.25) is 0 Å². The molecule has 9 rings (SSSR count). The molecule has 4 N–H and O–H groups in total. The highest BCUT2D eigenvalue weighted by Gasteiger charge is 2.21. The molecule has 1 atom stereocenters. The lowest BCUT2D eigenvalue weighted by Gasteiger charge is -2.21. The van der Waals surface area contributed by atoms with Gasteiger partial charge >= 0.3 is 0 Å². The molecule has 296 valence electrons. The summed E-state index contributed by atoms with van der Waals surface area (Å²) in [6, 6.07) is 36.6. The van der Waals surface area contributed by atoms with Crippen molar-refractivity contribution in [1.29, 1.82) is 0 Å². The highest BCUT2D eigenvalue weighted by Crippen LogP contribution is 2.29. The average molecular weight is 806 g/mol. The molecule has 9 nitrogen and oxygen atoms in total. The van der Waals surface area contributed by atoms with Gasteiger partial charge in [0.05, 0.1) is 38.5 Å². The lowest BCUT2D eigenvalue weighted by Crippen LogP contribution is -2.26. The number of nitrogens with zero attached hydrogens (tertiary/aromatic N) is 7. The maximum Gasteiger partial charge on any atom is 0.141 e. The average Bonchev–Trinajstić information content (AvgIpc) is 4.09. The molecule has 0 radical (unpaired) electrons. The number of aromatic nitrogens is 4. The van der Waals surface area contributed by atoms with E-state index in [1.807, 2.05) is 59.8 Å². The van der Waals surface area contributed by atoms with E-state index >= 15 is 0 Å². The van der Waals surface area contributed by atoms with E-state index in [1.165, 1.54) is 58.9 Å². The number of hydrogen-bond acceptors (Lipinski definition) is 6. The Kier molecular flexibility index (Phi) is 12.6. The van der Waals surface area contributed by atoms with Crippen molar-refractivity contribution >= 4 is 67.5 Å². The topological polar surface area (TPSA) is 108 Å². The molecule has 58 heavy (non-hydrogen) atoms. The molecular formula is C47H51N9S2. The third-order valence-electron chi connectivity index (χ3n) is 11.0. The van der Waals surface area contributed by atoms with Gasteiger partial charge in [-0.25, -0.2) is 15.0 Å². The predicted octanol–water partition coefficient (Wildman–Crippen LogP) is 10.2. The van der Waals surface area contributed by atoms with Crippen molar-refractivity contribution in [3.05, 3.63) is 160 Å². The standard InChI is InChI=1S/C27H30N4S.C20H21N5S/c1-30-14-5-9-23(30)13-15-31-24(17-20-7-3-2-4-8-20)18-21-11-12-22(19-25(21)31)29-27(28)26-10-6-16-32-26;21-20(19-4-3-13-26-19)23-17-6-5-16-7-11-25(18(16)14-17)10-2-1-9-24-12-8-22-15-24/h2-4,6-8,10-12,16,18-19,23H,5,9,13-15,17H2,1H3,(H2,28,29);3-8,11-15H,1-2,9-10H2,(H2,21,23). The van der Waals surface area contributed by atoms with Gasteiger partial charge in [0.25, 0.3) is 0 Å². The zero-order chi connectivity index (χ0) is 39.7. The normalized spacial score (nSPS) is 15.0. The van der Waals surface area contributed by atoms with Crippen molar-refractivity contribution in [3.63, 3.8) is 0 Å². The summed E-state index contributed by atoms with van der Waals surface area (Å²) in [6.07, 6.45) is 14.8. The third-order valence-corrected chi connectivity index (χ3v) is 12.8. The number of benzene rings is 3. The number of imidazole rings is 1. The molecule has 0 spiro atoms. The largest absolute Gasteiger partial charge is 0.383 e. The van der Waals surface area contributed by atoms with Crippen molar-refractivity contribution in [2.24, 2.45) is 21.5 Å². The molecule has 1 aliphatic rings. The molecule has 3 aromatic carbocycles. The Morgan fingerprint density at radius 1 is 0.741 bits per heavy atom. The van der Waals surface area contributed by atoms with Gasteiger partial charge in [-0.1, -0.05) is 54.6 Å². The fraction of sp³-hybridized carbons (Fsp3) is 0.255. The molecular weight excluding hydrogens is 755 g/mol. The summed E-state index contributed by atoms with van der Waals surface area (Å²) in [5.74, 6) is 1.15. The van der Waals surface area contributed by atoms with Crippen molar-refractivity contribution in [3.8, 4) is 0 Å². The number of aryl methyl sites for hydroxylation is 3. The van der Waals surface area contributed by atoms with Gasteiger partial charge in [0.15, 0.2) is 0 Å². The van der Waals surface area contributed by atoms with Gasteiger partial charge in [0, 0.05) is 61.8 Å². The number of hydrogen-bond donors (Lipinski definition) is 2. The molecule has 1 fully saturated rings. The van der Waals surface area contributed by atoms with Gasteiger partial charge in [0.2, 0.25) is 0 Å². The van der Waals surface area contributed by atoms with Crippen LogP contribution in [-0.4, -0.2) is 54.9 Å². The fourth-order valence-electron chi connectivity index (χ4n) is 7.88. The Balaban J connectivity index is 0.000000165. The molecule has 6 heterocycles. The lowest BCUT2D eigenvalue weighted by molar-refractivity contribution is 0.286. The maximum atomic E-state index is 6.27. The second kappa shape index (κ2) is 18.7. The maximum absolute atomic E-state index is 6.27. The molecule has 0 amide bonds. The molecule has 1 aliphatic heterocycles. The van der Waals surface area contributed by atoms with Gasteiger partial charge in [-0.3, -0.25) is 0 Å². The van der Waals surface area contributed by atoms with E-state index in [9.17, 15) is 0 Å². The number of thiophene rings is 2. The zero-order valence-electron chi connectivity index (χ0n) is 33.0. The van der Waals surface area contributed by atoms with E-state index in [4.69, 9.17) is 16.5 Å². The molecule has 11 heteroatoms. The molecule has 1 unspecified atom stereocenters. The molecule has 0 bridgehead atoms. The summed E-state index contributed by atoms with van der Waals surface area (Å²) in [5.41, 5.74) is 19.3. The SMILES string of the molecule is CN1CCCC1CCn1c(Cc2ccccc2)cc2ccc(N=C(N)c3cccs3)cc21.NC(=Nc1ccc2ccn(CCCCn3ccnc3)c2c1)c1cccs1. The molecule has 0 aliphatic carbocycles. The van der Waals surface area contributed by atoms with E-state index in [-0.39, 0.29) is 0 Å². The Labute approximate surface area is 348 Å². The van der Waals surface area contributed by atoms with Crippen LogP contribution < -0.4 is 11.5 Å². The Morgan fingerprint density at radius 3 is 2.10 bits per heavy atom. The van der Waals surface area contributed by atoms with Gasteiger partial charge in [-0.05, 0) is 116 Å². The van der Waals surface area contributed by atoms with Crippen LogP contribution in [0.1, 0.15) is 53.1 Å². The van der Waals surface area contributed by atoms with Crippen molar-refractivity contribution in [2.75, 3.05) is 13.6 Å². The van der Waals surface area contributed by atoms with Crippen LogP contribution in [0.5, 0.6) is 0 Å². The quantitative estimate of drug-likeness (QED) is 0.0648. The van der Waals surface area contributed by atoms with Crippen LogP contribution in [0.15, 0.2) is 149 Å². The summed E-state index contributed by atoms with van der Waals surface area (Å²) < 4.78 is 6.92. The van der Waals surface area contributed by atoms with E-state index in [0.29, 0.717) is 17.7 Å². The number of likely N-dealkylation sites (tertiary alicyclic amines) is 1. The molecule has 0 saturated carbocycles. The highest BCUT2D eigenvalue weighted by molar-refractivity contribution is 7.12. The smallest absolute Gasteiger partial charge is 0.141 e. The summed E-state index contributed by atoms with van der Waals surface area (Å²) in [6.45, 7) is 4.24. The van der Waals surface area contributed by atoms with Gasteiger partial charge in [-0.15, -0.1) is 22.7 Å². The summed E-state index contributed by atoms with van der Waals surface area (Å²) in [5, 5.41) is 6.54. The second-order valence-corrected chi connectivity index (χ2v) is 16.9. The van der Waals surface area contributed by atoms with Crippen LogP contribution in [0.3, 0.4) is 0 Å². The fourth-order valence-corrected chi connectivity index (χ4v) is 9.13. The first-order valence-electron chi connectivity index (χ1n) is 20.1. The monoisotopic (exact) mass is 805 g/mol. The summed E-state index contributed by atoms with van der Waals surface area (Å²) in [4.78, 5) is 17.9. The van der Waals surface area contributed by atoms with Crippen LogP contribution in [-0.2, 0) is 26.1 Å². The number of nitrogens with two attached hydrogens (primary N) is 2. The van der Waals surface area contributed by atoms with Crippen molar-refractivity contribution in [1.82, 2.24) is 23.6 Å². The van der Waals surface area contributed by atoms with Crippen molar-refractivity contribution in [2.45, 2.75) is 64.2 Å². The number of unbranched alkanes of at least 4 members (excludes halogenated alkanes) is 1. The van der Waals surface area contributed by atoms with Crippen LogP contribution >= 0.6 is 22.7 Å². The predicted molar refractivity (Wildman–Crippen MR) is 244 cm³/mol. The number of amidine groups is 2. The minimum absolute atomic E-state index is 0.567. The Morgan fingerprint density at radius 2 is 1.45 bits per heavy atom. The number of fused-ring (bicyclic) bond motifs is 2. The van der Waals surface area contributed by atoms with Crippen molar-refractivity contribution < 1.29 is 0 Å². The summed E-state index contributed by atoms with van der Waals surface area (Å²) in [7, 11) is 2.26. The number of aliphatic imine (C=N–C) groups is 2. The van der Waals surface area contributed by atoms with Crippen LogP contribution in [0.25, 0.3) is 21.8 Å². The van der Waals surface area contributed by atoms with Crippen LogP contribution in [0.4, 0.5) is 11.4 Å². The molecule has 8 aromatic rings. The van der Waals surface area contributed by atoms with E-state index in [2.05, 4.69) is 115 Å². The van der Waals surface area contributed by atoms with E-state index < -0.39 is 0 Å².